The molecule has 0 fully saturated rings. The van der Waals surface area contributed by atoms with Crippen molar-refractivity contribution in [1.82, 2.24) is 20.6 Å². The molecule has 0 atom stereocenters. The Labute approximate surface area is 195 Å². The number of nitrogen functional groups attached to an aromatic ring is 1. The molecule has 9 nitrogen and oxygen atoms in total. The van der Waals surface area contributed by atoms with Gasteiger partial charge in [0.1, 0.15) is 17.0 Å². The summed E-state index contributed by atoms with van der Waals surface area (Å²) >= 11 is 0. The highest BCUT2D eigenvalue weighted by atomic mass is 16.5. The number of carbonyl (C=O) groups excluding carboxylic acids is 1. The molecule has 0 saturated carbocycles. The SMILES string of the molecule is CC(C)CCCOc1ccc(C=CC(=O)c2cccc3c(=O)c(N)c(-c4nn[nH]n4)oc23)cc1. The Morgan fingerprint density at radius 1 is 1.21 bits per heavy atom. The number of ether oxygens (including phenoxy) is 1. The predicted molar refractivity (Wildman–Crippen MR) is 129 cm³/mol. The molecule has 2 heterocycles. The molecule has 174 valence electrons. The molecular weight excluding hydrogens is 434 g/mol. The molecule has 0 unspecified atom stereocenters. The van der Waals surface area contributed by atoms with Gasteiger partial charge in [-0.2, -0.15) is 5.21 Å². The summed E-state index contributed by atoms with van der Waals surface area (Å²) in [5.41, 5.74) is 6.48. The number of carbonyl (C=O) groups is 1. The largest absolute Gasteiger partial charge is 0.494 e. The van der Waals surface area contributed by atoms with Crippen LogP contribution in [0, 0.1) is 5.92 Å². The Bertz CT molecular complexity index is 1370. The highest BCUT2D eigenvalue weighted by Crippen LogP contribution is 2.27. The highest BCUT2D eigenvalue weighted by molar-refractivity contribution is 6.13. The maximum Gasteiger partial charge on any atom is 0.242 e. The second-order valence-corrected chi connectivity index (χ2v) is 8.24. The Balaban J connectivity index is 1.54. The third-order valence-corrected chi connectivity index (χ3v) is 5.27. The second-order valence-electron chi connectivity index (χ2n) is 8.24. The van der Waals surface area contributed by atoms with Gasteiger partial charge in [0.05, 0.1) is 17.6 Å². The Kier molecular flexibility index (Phi) is 6.82. The lowest BCUT2D eigenvalue weighted by Gasteiger charge is -2.08. The Morgan fingerprint density at radius 2 is 2.00 bits per heavy atom. The van der Waals surface area contributed by atoms with Crippen molar-refractivity contribution >= 4 is 28.5 Å². The maximum atomic E-state index is 13.0. The molecule has 0 bridgehead atoms. The lowest BCUT2D eigenvalue weighted by Crippen LogP contribution is -2.12. The van der Waals surface area contributed by atoms with E-state index in [0.29, 0.717) is 12.5 Å². The number of nitrogens with one attached hydrogen (secondary N) is 1. The first kappa shape index (κ1) is 22.9. The Morgan fingerprint density at radius 3 is 2.71 bits per heavy atom. The zero-order valence-corrected chi connectivity index (χ0v) is 18.9. The normalized spacial score (nSPS) is 11.5. The van der Waals surface area contributed by atoms with Crippen LogP contribution in [0.3, 0.4) is 0 Å². The van der Waals surface area contributed by atoms with Crippen LogP contribution in [0.4, 0.5) is 5.69 Å². The van der Waals surface area contributed by atoms with Crippen LogP contribution < -0.4 is 15.9 Å². The van der Waals surface area contributed by atoms with Gasteiger partial charge in [0.15, 0.2) is 5.78 Å². The number of aromatic nitrogens is 4. The van der Waals surface area contributed by atoms with E-state index in [2.05, 4.69) is 34.5 Å². The minimum Gasteiger partial charge on any atom is -0.494 e. The van der Waals surface area contributed by atoms with Gasteiger partial charge in [-0.1, -0.05) is 38.1 Å². The molecule has 0 radical (unpaired) electrons. The monoisotopic (exact) mass is 459 g/mol. The summed E-state index contributed by atoms with van der Waals surface area (Å²) in [6.45, 7) is 5.06. The van der Waals surface area contributed by atoms with Crippen molar-refractivity contribution in [3.05, 3.63) is 69.9 Å². The smallest absolute Gasteiger partial charge is 0.242 e. The number of ketones is 1. The molecular formula is C25H25N5O4. The van der Waals surface area contributed by atoms with Crippen LogP contribution in [0.25, 0.3) is 28.6 Å². The van der Waals surface area contributed by atoms with Gasteiger partial charge in [-0.15, -0.1) is 10.2 Å². The van der Waals surface area contributed by atoms with Gasteiger partial charge in [0.25, 0.3) is 0 Å². The van der Waals surface area contributed by atoms with Crippen LogP contribution >= 0.6 is 0 Å². The Hall–Kier alpha value is -4.27. The molecule has 0 amide bonds. The van der Waals surface area contributed by atoms with E-state index < -0.39 is 5.43 Å². The topological polar surface area (TPSA) is 137 Å². The average molecular weight is 460 g/mol. The van der Waals surface area contributed by atoms with Crippen molar-refractivity contribution in [2.45, 2.75) is 26.7 Å². The van der Waals surface area contributed by atoms with E-state index in [0.717, 1.165) is 24.2 Å². The number of allylic oxidation sites excluding steroid dienone is 1. The number of nitrogens with zero attached hydrogens (tertiary/aromatic N) is 3. The molecule has 2 aromatic heterocycles. The number of hydrogen-bond acceptors (Lipinski definition) is 8. The summed E-state index contributed by atoms with van der Waals surface area (Å²) in [4.78, 5) is 25.7. The fourth-order valence-corrected chi connectivity index (χ4v) is 3.47. The van der Waals surface area contributed by atoms with Crippen LogP contribution in [0.1, 0.15) is 42.6 Å². The lowest BCUT2D eigenvalue weighted by molar-refractivity contribution is 0.104. The van der Waals surface area contributed by atoms with Crippen LogP contribution in [-0.4, -0.2) is 33.0 Å². The van der Waals surface area contributed by atoms with E-state index in [1.165, 1.54) is 6.08 Å². The van der Waals surface area contributed by atoms with Crippen molar-refractivity contribution in [3.8, 4) is 17.3 Å². The number of tetrazole rings is 1. The van der Waals surface area contributed by atoms with Gasteiger partial charge in [0.2, 0.25) is 17.0 Å². The molecule has 4 aromatic rings. The number of aromatic amines is 1. The number of nitrogens with two attached hydrogens (primary N) is 1. The average Bonchev–Trinajstić information content (AvgIpc) is 3.37. The first-order chi connectivity index (χ1) is 16.4. The fraction of sp³-hybridized carbons (Fsp3) is 0.240. The number of H-pyrrole nitrogens is 1. The number of hydrogen-bond donors (Lipinski definition) is 2. The van der Waals surface area contributed by atoms with Gasteiger partial charge in [-0.3, -0.25) is 9.59 Å². The van der Waals surface area contributed by atoms with E-state index in [9.17, 15) is 9.59 Å². The zero-order valence-electron chi connectivity index (χ0n) is 18.9. The molecule has 0 aliphatic carbocycles. The predicted octanol–water partition coefficient (Wildman–Crippen LogP) is 4.27. The summed E-state index contributed by atoms with van der Waals surface area (Å²) in [7, 11) is 0. The van der Waals surface area contributed by atoms with Gasteiger partial charge in [-0.05, 0) is 59.9 Å². The number of fused-ring (bicyclic) bond motifs is 1. The number of rotatable bonds is 9. The standard InChI is InChI=1S/C25H25N5O4/c1-15(2)5-4-14-33-17-11-8-16(9-12-17)10-13-20(31)18-6-3-7-19-22(32)21(26)24(34-23(18)19)25-27-29-30-28-25/h3,6-13,15H,4-5,14,26H2,1-2H3,(H,27,28,29,30). The van der Waals surface area contributed by atoms with Crippen molar-refractivity contribution < 1.29 is 13.9 Å². The summed E-state index contributed by atoms with van der Waals surface area (Å²) in [6, 6.07) is 12.2. The first-order valence-electron chi connectivity index (χ1n) is 11.0. The quantitative estimate of drug-likeness (QED) is 0.215. The van der Waals surface area contributed by atoms with Gasteiger partial charge in [-0.25, -0.2) is 0 Å². The number of anilines is 1. The van der Waals surface area contributed by atoms with E-state index in [-0.39, 0.29) is 39.6 Å². The highest BCUT2D eigenvalue weighted by Gasteiger charge is 2.20. The third-order valence-electron chi connectivity index (χ3n) is 5.27. The first-order valence-corrected chi connectivity index (χ1v) is 11.0. The molecule has 3 N–H and O–H groups in total. The molecule has 4 rings (SSSR count). The van der Waals surface area contributed by atoms with Gasteiger partial charge < -0.3 is 14.9 Å². The minimum atomic E-state index is -0.469. The summed E-state index contributed by atoms with van der Waals surface area (Å²) in [5.74, 6) is 1.10. The summed E-state index contributed by atoms with van der Waals surface area (Å²) < 4.78 is 11.6. The molecule has 34 heavy (non-hydrogen) atoms. The zero-order chi connectivity index (χ0) is 24.1. The number of para-hydroxylation sites is 1. The molecule has 0 aliphatic rings. The fourth-order valence-electron chi connectivity index (χ4n) is 3.47. The lowest BCUT2D eigenvalue weighted by atomic mass is 10.0. The third kappa shape index (κ3) is 5.03. The van der Waals surface area contributed by atoms with Crippen molar-refractivity contribution in [2.75, 3.05) is 12.3 Å². The van der Waals surface area contributed by atoms with E-state index >= 15 is 0 Å². The molecule has 0 spiro atoms. The van der Waals surface area contributed by atoms with E-state index in [4.69, 9.17) is 14.9 Å². The van der Waals surface area contributed by atoms with E-state index in [1.54, 1.807) is 24.3 Å². The molecule has 2 aromatic carbocycles. The minimum absolute atomic E-state index is 0.0285. The van der Waals surface area contributed by atoms with Crippen molar-refractivity contribution in [3.63, 3.8) is 0 Å². The molecule has 0 aliphatic heterocycles. The maximum absolute atomic E-state index is 13.0. The molecule has 0 saturated heterocycles. The van der Waals surface area contributed by atoms with Crippen LogP contribution in [0.2, 0.25) is 0 Å². The van der Waals surface area contributed by atoms with Crippen molar-refractivity contribution in [2.24, 2.45) is 5.92 Å². The van der Waals surface area contributed by atoms with Crippen LogP contribution in [0.15, 0.2) is 57.8 Å². The van der Waals surface area contributed by atoms with E-state index in [1.807, 2.05) is 24.3 Å². The number of benzene rings is 2. The molecule has 9 heteroatoms. The van der Waals surface area contributed by atoms with Gasteiger partial charge in [0, 0.05) is 0 Å². The summed E-state index contributed by atoms with van der Waals surface area (Å²) in [6.07, 6.45) is 5.26. The van der Waals surface area contributed by atoms with Crippen LogP contribution in [-0.2, 0) is 0 Å². The van der Waals surface area contributed by atoms with Crippen LogP contribution in [0.5, 0.6) is 5.75 Å². The summed E-state index contributed by atoms with van der Waals surface area (Å²) in [5, 5.41) is 13.6. The second kappa shape index (κ2) is 10.1. The van der Waals surface area contributed by atoms with Gasteiger partial charge >= 0.3 is 0 Å². The van der Waals surface area contributed by atoms with Crippen molar-refractivity contribution in [1.29, 1.82) is 0 Å².